The average molecular weight is 543 g/mol. The van der Waals surface area contributed by atoms with Crippen LogP contribution in [-0.2, 0) is 33.2 Å². The molecule has 0 aromatic rings. The molecule has 2 heterocycles. The molecule has 220 valence electrons. The topological polar surface area (TPSA) is 113 Å². The van der Waals surface area contributed by atoms with E-state index in [0.29, 0.717) is 6.42 Å². The fourth-order valence-electron chi connectivity index (χ4n) is 5.12. The first-order chi connectivity index (χ1) is 18.0. The molecule has 3 unspecified atom stereocenters. The molecular formula is C29H50O9. The van der Waals surface area contributed by atoms with Crippen molar-refractivity contribution in [3.8, 4) is 0 Å². The second kappa shape index (κ2) is 15.5. The Morgan fingerprint density at radius 3 is 2.32 bits per heavy atom. The van der Waals surface area contributed by atoms with Crippen molar-refractivity contribution in [1.82, 2.24) is 0 Å². The zero-order valence-electron chi connectivity index (χ0n) is 24.3. The SMILES string of the molecule is COCOC(CC/C=C/C=C\CC[C@H](C)O)CC(O)[C@@H](C)[C@@H]1CC[C@@H](C)[C@]2(O1)OC(C)(C)OC2C(=O)OC. The number of hydrogen-bond donors (Lipinski definition) is 2. The molecule has 1 spiro atoms. The molecule has 0 amide bonds. The van der Waals surface area contributed by atoms with Gasteiger partial charge in [-0.2, -0.15) is 0 Å². The number of aliphatic hydroxyl groups excluding tert-OH is 2. The zero-order valence-corrected chi connectivity index (χ0v) is 24.3. The van der Waals surface area contributed by atoms with Crippen molar-refractivity contribution < 1.29 is 43.4 Å². The standard InChI is InChI=1S/C29H50O9/c1-20-16-17-25(36-29(20)26(27(32)34-7)37-28(4,5)38-29)22(3)24(31)18-23(35-19-33-6)15-13-11-9-8-10-12-14-21(2)30/h8-11,20-26,30-31H,12-19H2,1-7H3/b10-8-,11-9+/t20-,21+,22-,23?,24?,25+,26?,29+/m1/s1. The number of hydrogen-bond acceptors (Lipinski definition) is 9. The first-order valence-corrected chi connectivity index (χ1v) is 13.9. The van der Waals surface area contributed by atoms with Gasteiger partial charge < -0.3 is 38.6 Å². The van der Waals surface area contributed by atoms with Crippen molar-refractivity contribution in [1.29, 1.82) is 0 Å². The maximum Gasteiger partial charge on any atom is 0.340 e. The van der Waals surface area contributed by atoms with Gasteiger partial charge in [0.05, 0.1) is 31.5 Å². The van der Waals surface area contributed by atoms with Crippen molar-refractivity contribution >= 4 is 5.97 Å². The van der Waals surface area contributed by atoms with Gasteiger partial charge in [0.2, 0.25) is 11.9 Å². The summed E-state index contributed by atoms with van der Waals surface area (Å²) in [6.45, 7) is 9.40. The molecule has 9 heteroatoms. The van der Waals surface area contributed by atoms with E-state index < -0.39 is 29.8 Å². The van der Waals surface area contributed by atoms with Crippen molar-refractivity contribution in [3.05, 3.63) is 24.3 Å². The van der Waals surface area contributed by atoms with E-state index in [0.717, 1.165) is 38.5 Å². The summed E-state index contributed by atoms with van der Waals surface area (Å²) in [5.74, 6) is -3.14. The molecule has 2 saturated heterocycles. The Kier molecular flexibility index (Phi) is 13.4. The molecule has 0 saturated carbocycles. The van der Waals surface area contributed by atoms with Gasteiger partial charge in [0.1, 0.15) is 6.79 Å². The van der Waals surface area contributed by atoms with Gasteiger partial charge in [0, 0.05) is 18.9 Å². The van der Waals surface area contributed by atoms with Crippen molar-refractivity contribution in [3.63, 3.8) is 0 Å². The number of esters is 1. The minimum absolute atomic E-state index is 0.0976. The van der Waals surface area contributed by atoms with Crippen LogP contribution in [-0.4, -0.2) is 79.3 Å². The normalized spacial score (nSPS) is 30.6. The second-order valence-electron chi connectivity index (χ2n) is 11.1. The maximum absolute atomic E-state index is 12.6. The fraction of sp³-hybridized carbons (Fsp3) is 0.828. The van der Waals surface area contributed by atoms with E-state index in [9.17, 15) is 15.0 Å². The molecule has 38 heavy (non-hydrogen) atoms. The van der Waals surface area contributed by atoms with Crippen LogP contribution in [0.5, 0.6) is 0 Å². The molecule has 2 aliphatic rings. The van der Waals surface area contributed by atoms with Crippen LogP contribution in [0.4, 0.5) is 0 Å². The minimum atomic E-state index is -1.27. The molecule has 0 aromatic carbocycles. The lowest BCUT2D eigenvalue weighted by Crippen LogP contribution is -2.58. The molecule has 9 nitrogen and oxygen atoms in total. The van der Waals surface area contributed by atoms with E-state index in [1.54, 1.807) is 27.9 Å². The summed E-state index contributed by atoms with van der Waals surface area (Å²) in [6.07, 6.45) is 10.6. The highest BCUT2D eigenvalue weighted by Gasteiger charge is 2.63. The first-order valence-electron chi connectivity index (χ1n) is 13.9. The van der Waals surface area contributed by atoms with Gasteiger partial charge in [-0.15, -0.1) is 0 Å². The van der Waals surface area contributed by atoms with E-state index >= 15 is 0 Å². The molecule has 0 aromatic heterocycles. The summed E-state index contributed by atoms with van der Waals surface area (Å²) in [5.41, 5.74) is 0. The monoisotopic (exact) mass is 542 g/mol. The lowest BCUT2D eigenvalue weighted by Gasteiger charge is -2.46. The lowest BCUT2D eigenvalue weighted by molar-refractivity contribution is -0.321. The summed E-state index contributed by atoms with van der Waals surface area (Å²) >= 11 is 0. The highest BCUT2D eigenvalue weighted by atomic mass is 16.8. The molecule has 2 N–H and O–H groups in total. The van der Waals surface area contributed by atoms with Crippen molar-refractivity contribution in [2.45, 2.75) is 122 Å². The third kappa shape index (κ3) is 9.40. The van der Waals surface area contributed by atoms with Crippen LogP contribution >= 0.6 is 0 Å². The van der Waals surface area contributed by atoms with Gasteiger partial charge in [-0.1, -0.05) is 38.2 Å². The first kappa shape index (κ1) is 32.9. The van der Waals surface area contributed by atoms with Gasteiger partial charge in [0.15, 0.2) is 5.79 Å². The molecule has 0 aliphatic carbocycles. The zero-order chi connectivity index (χ0) is 28.3. The summed E-state index contributed by atoms with van der Waals surface area (Å²) in [5, 5.41) is 20.5. The van der Waals surface area contributed by atoms with E-state index in [1.807, 2.05) is 32.1 Å². The number of allylic oxidation sites excluding steroid dienone is 4. The van der Waals surface area contributed by atoms with Crippen LogP contribution in [0.15, 0.2) is 24.3 Å². The van der Waals surface area contributed by atoms with Crippen LogP contribution in [0.25, 0.3) is 0 Å². The summed E-state index contributed by atoms with van der Waals surface area (Å²) in [4.78, 5) is 12.6. The Bertz CT molecular complexity index is 765. The largest absolute Gasteiger partial charge is 0.467 e. The number of aliphatic hydroxyl groups is 2. The quantitative estimate of drug-likeness (QED) is 0.178. The van der Waals surface area contributed by atoms with E-state index in [-0.39, 0.29) is 36.9 Å². The van der Waals surface area contributed by atoms with Gasteiger partial charge in [-0.3, -0.25) is 0 Å². The summed E-state index contributed by atoms with van der Waals surface area (Å²) < 4.78 is 34.6. The molecule has 0 radical (unpaired) electrons. The summed E-state index contributed by atoms with van der Waals surface area (Å²) in [6, 6.07) is 0. The average Bonchev–Trinajstić information content (AvgIpc) is 3.15. The van der Waals surface area contributed by atoms with Crippen molar-refractivity contribution in [2.75, 3.05) is 21.0 Å². The van der Waals surface area contributed by atoms with E-state index in [4.69, 9.17) is 28.4 Å². The Hall–Kier alpha value is -1.33. The van der Waals surface area contributed by atoms with Gasteiger partial charge in [0.25, 0.3) is 0 Å². The van der Waals surface area contributed by atoms with Gasteiger partial charge in [-0.05, 0) is 65.7 Å². The Morgan fingerprint density at radius 2 is 1.71 bits per heavy atom. The van der Waals surface area contributed by atoms with Gasteiger partial charge >= 0.3 is 5.97 Å². The van der Waals surface area contributed by atoms with E-state index in [2.05, 4.69) is 6.08 Å². The predicted octanol–water partition coefficient (Wildman–Crippen LogP) is 4.25. The Labute approximate surface area is 228 Å². The molecule has 2 rings (SSSR count). The molecule has 2 fully saturated rings. The van der Waals surface area contributed by atoms with Crippen LogP contribution in [0.3, 0.4) is 0 Å². The second-order valence-corrected chi connectivity index (χ2v) is 11.1. The number of rotatable bonds is 15. The Morgan fingerprint density at radius 1 is 1.05 bits per heavy atom. The number of ether oxygens (including phenoxy) is 6. The molecule has 2 aliphatic heterocycles. The molecule has 8 atom stereocenters. The number of carbonyl (C=O) groups is 1. The highest BCUT2D eigenvalue weighted by Crippen LogP contribution is 2.49. The van der Waals surface area contributed by atoms with Crippen LogP contribution in [0.2, 0.25) is 0 Å². The number of carbonyl (C=O) groups excluding carboxylic acids is 1. The molecule has 0 bridgehead atoms. The lowest BCUT2D eigenvalue weighted by atomic mass is 9.81. The highest BCUT2D eigenvalue weighted by molar-refractivity contribution is 5.76. The third-order valence-corrected chi connectivity index (χ3v) is 7.40. The van der Waals surface area contributed by atoms with Crippen LogP contribution in [0, 0.1) is 11.8 Å². The fourth-order valence-corrected chi connectivity index (χ4v) is 5.12. The molecular weight excluding hydrogens is 492 g/mol. The predicted molar refractivity (Wildman–Crippen MR) is 143 cm³/mol. The summed E-state index contributed by atoms with van der Waals surface area (Å²) in [7, 11) is 2.90. The van der Waals surface area contributed by atoms with Crippen molar-refractivity contribution in [2.24, 2.45) is 11.8 Å². The minimum Gasteiger partial charge on any atom is -0.467 e. The van der Waals surface area contributed by atoms with Gasteiger partial charge in [-0.25, -0.2) is 4.79 Å². The smallest absolute Gasteiger partial charge is 0.340 e. The van der Waals surface area contributed by atoms with E-state index in [1.165, 1.54) is 7.11 Å². The third-order valence-electron chi connectivity index (χ3n) is 7.40. The Balaban J connectivity index is 1.99. The number of methoxy groups -OCH3 is 2. The van der Waals surface area contributed by atoms with Crippen LogP contribution < -0.4 is 0 Å². The van der Waals surface area contributed by atoms with Crippen LogP contribution in [0.1, 0.15) is 79.6 Å². The maximum atomic E-state index is 12.6.